The van der Waals surface area contributed by atoms with Gasteiger partial charge in [-0.05, 0) is 62.6 Å². The van der Waals surface area contributed by atoms with Crippen LogP contribution in [-0.4, -0.2) is 32.0 Å². The van der Waals surface area contributed by atoms with Crippen molar-refractivity contribution in [1.29, 1.82) is 0 Å². The molecule has 28 heavy (non-hydrogen) atoms. The second kappa shape index (κ2) is 8.93. The SMILES string of the molecule is Cc1ccn(CCCNC(=O)c2ccn(COc3cc(C)c(Cl)c(C)c3)n2)n1. The minimum atomic E-state index is -0.200. The van der Waals surface area contributed by atoms with Gasteiger partial charge in [-0.25, -0.2) is 4.68 Å². The summed E-state index contributed by atoms with van der Waals surface area (Å²) in [6, 6.07) is 7.40. The molecule has 0 fully saturated rings. The summed E-state index contributed by atoms with van der Waals surface area (Å²) in [7, 11) is 0. The highest BCUT2D eigenvalue weighted by molar-refractivity contribution is 6.32. The number of nitrogens with zero attached hydrogens (tertiary/aromatic N) is 4. The molecule has 0 spiro atoms. The predicted octanol–water partition coefficient (Wildman–Crippen LogP) is 3.51. The number of benzene rings is 1. The number of nitrogens with one attached hydrogen (secondary N) is 1. The van der Waals surface area contributed by atoms with Crippen molar-refractivity contribution in [1.82, 2.24) is 24.9 Å². The van der Waals surface area contributed by atoms with Gasteiger partial charge in [0.1, 0.15) is 11.4 Å². The molecule has 148 valence electrons. The van der Waals surface area contributed by atoms with E-state index in [4.69, 9.17) is 16.3 Å². The summed E-state index contributed by atoms with van der Waals surface area (Å²) in [4.78, 5) is 12.2. The number of aryl methyl sites for hydroxylation is 4. The summed E-state index contributed by atoms with van der Waals surface area (Å²) >= 11 is 6.17. The van der Waals surface area contributed by atoms with Crippen LogP contribution in [0.15, 0.2) is 36.7 Å². The molecule has 1 N–H and O–H groups in total. The van der Waals surface area contributed by atoms with Crippen LogP contribution < -0.4 is 10.1 Å². The Morgan fingerprint density at radius 1 is 1.11 bits per heavy atom. The molecule has 2 aromatic heterocycles. The van der Waals surface area contributed by atoms with Crippen molar-refractivity contribution in [2.24, 2.45) is 0 Å². The summed E-state index contributed by atoms with van der Waals surface area (Å²) in [5, 5.41) is 12.2. The van der Waals surface area contributed by atoms with E-state index < -0.39 is 0 Å². The number of rotatable bonds is 8. The number of ether oxygens (including phenoxy) is 1. The number of carbonyl (C=O) groups excluding carboxylic acids is 1. The van der Waals surface area contributed by atoms with Gasteiger partial charge in [-0.15, -0.1) is 0 Å². The minimum Gasteiger partial charge on any atom is -0.471 e. The Morgan fingerprint density at radius 2 is 1.82 bits per heavy atom. The normalized spacial score (nSPS) is 10.9. The van der Waals surface area contributed by atoms with Crippen LogP contribution in [0.3, 0.4) is 0 Å². The van der Waals surface area contributed by atoms with Crippen molar-refractivity contribution in [2.45, 2.75) is 40.5 Å². The molecule has 0 radical (unpaired) electrons. The molecule has 1 aromatic carbocycles. The van der Waals surface area contributed by atoms with Crippen molar-refractivity contribution in [3.63, 3.8) is 0 Å². The van der Waals surface area contributed by atoms with Gasteiger partial charge in [-0.1, -0.05) is 11.6 Å². The third kappa shape index (κ3) is 5.13. The maximum Gasteiger partial charge on any atom is 0.271 e. The van der Waals surface area contributed by atoms with Gasteiger partial charge in [0.05, 0.1) is 5.69 Å². The molecule has 0 saturated heterocycles. The van der Waals surface area contributed by atoms with Crippen molar-refractivity contribution in [2.75, 3.05) is 6.54 Å². The van der Waals surface area contributed by atoms with Crippen molar-refractivity contribution in [3.8, 4) is 5.75 Å². The monoisotopic (exact) mass is 401 g/mol. The van der Waals surface area contributed by atoms with Crippen LogP contribution in [0.4, 0.5) is 0 Å². The molecular weight excluding hydrogens is 378 g/mol. The molecule has 2 heterocycles. The van der Waals surface area contributed by atoms with E-state index in [-0.39, 0.29) is 12.6 Å². The smallest absolute Gasteiger partial charge is 0.271 e. The number of hydrogen-bond donors (Lipinski definition) is 1. The molecule has 0 atom stereocenters. The summed E-state index contributed by atoms with van der Waals surface area (Å²) in [6.07, 6.45) is 4.45. The number of halogens is 1. The Kier molecular flexibility index (Phi) is 6.36. The molecule has 0 aliphatic rings. The molecule has 0 bridgehead atoms. The van der Waals surface area contributed by atoms with Gasteiger partial charge < -0.3 is 10.1 Å². The molecule has 3 rings (SSSR count). The zero-order valence-corrected chi connectivity index (χ0v) is 17.0. The minimum absolute atomic E-state index is 0.200. The molecule has 1 amide bonds. The average Bonchev–Trinajstić information content (AvgIpc) is 3.30. The number of aromatic nitrogens is 4. The first-order valence-electron chi connectivity index (χ1n) is 9.13. The van der Waals surface area contributed by atoms with E-state index in [9.17, 15) is 4.79 Å². The third-order valence-electron chi connectivity index (χ3n) is 4.27. The largest absolute Gasteiger partial charge is 0.471 e. The van der Waals surface area contributed by atoms with Crippen LogP contribution in [0, 0.1) is 20.8 Å². The fraction of sp³-hybridized carbons (Fsp3) is 0.350. The summed E-state index contributed by atoms with van der Waals surface area (Å²) in [6.45, 7) is 7.36. The lowest BCUT2D eigenvalue weighted by atomic mass is 10.1. The van der Waals surface area contributed by atoms with Gasteiger partial charge in [0.2, 0.25) is 0 Å². The van der Waals surface area contributed by atoms with Gasteiger partial charge in [0, 0.05) is 30.5 Å². The van der Waals surface area contributed by atoms with Gasteiger partial charge in [0.25, 0.3) is 5.91 Å². The van der Waals surface area contributed by atoms with Gasteiger partial charge in [0.15, 0.2) is 6.73 Å². The molecule has 0 saturated carbocycles. The second-order valence-electron chi connectivity index (χ2n) is 6.71. The first kappa shape index (κ1) is 19.9. The van der Waals surface area contributed by atoms with Crippen LogP contribution in [0.5, 0.6) is 5.75 Å². The average molecular weight is 402 g/mol. The van der Waals surface area contributed by atoms with Crippen LogP contribution in [0.25, 0.3) is 0 Å². The molecular formula is C20H24ClN5O2. The molecule has 8 heteroatoms. The van der Waals surface area contributed by atoms with Crippen molar-refractivity contribution >= 4 is 17.5 Å². The number of amides is 1. The van der Waals surface area contributed by atoms with Crippen LogP contribution in [0.2, 0.25) is 5.02 Å². The van der Waals surface area contributed by atoms with Gasteiger partial charge in [-0.2, -0.15) is 10.2 Å². The van der Waals surface area contributed by atoms with Crippen LogP contribution >= 0.6 is 11.6 Å². The Hall–Kier alpha value is -2.80. The third-order valence-corrected chi connectivity index (χ3v) is 4.87. The van der Waals surface area contributed by atoms with E-state index in [1.165, 1.54) is 0 Å². The lowest BCUT2D eigenvalue weighted by molar-refractivity contribution is 0.0945. The second-order valence-corrected chi connectivity index (χ2v) is 7.09. The number of hydrogen-bond acceptors (Lipinski definition) is 4. The standard InChI is InChI=1S/C20H24ClN5O2/c1-14-11-17(12-15(2)19(14)21)28-13-26-10-6-18(24-26)20(27)22-7-4-8-25-9-5-16(3)23-25/h5-6,9-12H,4,7-8,13H2,1-3H3,(H,22,27). The highest BCUT2D eigenvalue weighted by atomic mass is 35.5. The molecule has 0 aliphatic carbocycles. The molecule has 3 aromatic rings. The zero-order valence-electron chi connectivity index (χ0n) is 16.3. The fourth-order valence-corrected chi connectivity index (χ4v) is 2.92. The fourth-order valence-electron chi connectivity index (χ4n) is 2.81. The van der Waals surface area contributed by atoms with E-state index in [1.807, 2.05) is 49.8 Å². The van der Waals surface area contributed by atoms with E-state index in [2.05, 4.69) is 15.5 Å². The van der Waals surface area contributed by atoms with Crippen LogP contribution in [-0.2, 0) is 13.3 Å². The quantitative estimate of drug-likeness (QED) is 0.586. The summed E-state index contributed by atoms with van der Waals surface area (Å²) in [5.41, 5.74) is 3.27. The van der Waals surface area contributed by atoms with E-state index in [1.54, 1.807) is 16.9 Å². The van der Waals surface area contributed by atoms with Gasteiger partial charge in [-0.3, -0.25) is 9.48 Å². The van der Waals surface area contributed by atoms with Crippen molar-refractivity contribution < 1.29 is 9.53 Å². The molecule has 0 unspecified atom stereocenters. The maximum atomic E-state index is 12.2. The highest BCUT2D eigenvalue weighted by Crippen LogP contribution is 2.25. The Balaban J connectivity index is 1.46. The topological polar surface area (TPSA) is 74.0 Å². The number of carbonyl (C=O) groups is 1. The maximum absolute atomic E-state index is 12.2. The van der Waals surface area contributed by atoms with Crippen LogP contribution in [0.1, 0.15) is 33.7 Å². The van der Waals surface area contributed by atoms with E-state index in [0.717, 1.165) is 40.6 Å². The first-order chi connectivity index (χ1) is 13.4. The summed E-state index contributed by atoms with van der Waals surface area (Å²) in [5.74, 6) is 0.517. The Bertz CT molecular complexity index is 940. The summed E-state index contributed by atoms with van der Waals surface area (Å²) < 4.78 is 9.20. The Morgan fingerprint density at radius 3 is 2.50 bits per heavy atom. The first-order valence-corrected chi connectivity index (χ1v) is 9.51. The lowest BCUT2D eigenvalue weighted by Gasteiger charge is -2.10. The van der Waals surface area contributed by atoms with E-state index in [0.29, 0.717) is 12.2 Å². The molecule has 0 aliphatic heterocycles. The van der Waals surface area contributed by atoms with Crippen molar-refractivity contribution in [3.05, 3.63) is 64.2 Å². The highest BCUT2D eigenvalue weighted by Gasteiger charge is 2.10. The lowest BCUT2D eigenvalue weighted by Crippen LogP contribution is -2.26. The predicted molar refractivity (Wildman–Crippen MR) is 108 cm³/mol. The molecule has 7 nitrogen and oxygen atoms in total. The Labute approximate surface area is 169 Å². The van der Waals surface area contributed by atoms with E-state index >= 15 is 0 Å². The van der Waals surface area contributed by atoms with Gasteiger partial charge >= 0.3 is 0 Å². The zero-order chi connectivity index (χ0) is 20.1.